The Morgan fingerprint density at radius 1 is 1.21 bits per heavy atom. The summed E-state index contributed by atoms with van der Waals surface area (Å²) in [6.07, 6.45) is -1.27. The molecule has 1 atom stereocenters. The zero-order chi connectivity index (χ0) is 20.1. The smallest absolute Gasteiger partial charge is 0.425 e. The average molecular weight is 388 g/mol. The van der Waals surface area contributed by atoms with E-state index in [4.69, 9.17) is 4.74 Å². The summed E-state index contributed by atoms with van der Waals surface area (Å²) < 4.78 is 49.0. The van der Waals surface area contributed by atoms with Crippen molar-refractivity contribution in [3.63, 3.8) is 0 Å². The summed E-state index contributed by atoms with van der Waals surface area (Å²) in [5, 5.41) is 15.0. The molecule has 0 saturated heterocycles. The van der Waals surface area contributed by atoms with E-state index in [0.29, 0.717) is 17.4 Å². The molecule has 1 N–H and O–H groups in total. The van der Waals surface area contributed by atoms with Crippen LogP contribution in [0.3, 0.4) is 0 Å². The van der Waals surface area contributed by atoms with Gasteiger partial charge in [0.05, 0.1) is 6.20 Å². The Kier molecular flexibility index (Phi) is 4.04. The fourth-order valence-electron chi connectivity index (χ4n) is 3.66. The molecule has 0 fully saturated rings. The molecule has 0 bridgehead atoms. The van der Waals surface area contributed by atoms with E-state index in [1.165, 1.54) is 23.0 Å². The first-order valence-corrected chi connectivity index (χ1v) is 8.40. The second-order valence-electron chi connectivity index (χ2n) is 6.53. The topological polar surface area (TPSA) is 64.3 Å². The van der Waals surface area contributed by atoms with Gasteiger partial charge in [-0.3, -0.25) is 9.48 Å². The summed E-state index contributed by atoms with van der Waals surface area (Å²) in [7, 11) is 1.69. The van der Waals surface area contributed by atoms with Crippen molar-refractivity contribution in [2.75, 3.05) is 6.61 Å². The lowest BCUT2D eigenvalue weighted by atomic mass is 9.89. The quantitative estimate of drug-likeness (QED) is 0.696. The second kappa shape index (κ2) is 6.20. The highest BCUT2D eigenvalue weighted by Gasteiger charge is 2.61. The third-order valence-electron chi connectivity index (χ3n) is 4.83. The minimum atomic E-state index is -4.95. The van der Waals surface area contributed by atoms with Gasteiger partial charge in [0, 0.05) is 29.9 Å². The number of aromatic nitrogens is 2. The first-order valence-electron chi connectivity index (χ1n) is 8.40. The zero-order valence-corrected chi connectivity index (χ0v) is 14.7. The van der Waals surface area contributed by atoms with Gasteiger partial charge in [-0.05, 0) is 28.8 Å². The number of ether oxygens (including phenoxy) is 1. The number of fused-ring (bicyclic) bond motifs is 3. The number of aryl methyl sites for hydroxylation is 1. The molecule has 2 aromatic carbocycles. The van der Waals surface area contributed by atoms with Crippen LogP contribution in [0.1, 0.15) is 11.1 Å². The molecule has 0 aliphatic heterocycles. The van der Waals surface area contributed by atoms with Gasteiger partial charge in [-0.1, -0.05) is 24.3 Å². The molecule has 1 aliphatic carbocycles. The maximum Gasteiger partial charge on any atom is 0.425 e. The van der Waals surface area contributed by atoms with Crippen LogP contribution in [-0.2, 0) is 17.4 Å². The zero-order valence-electron chi connectivity index (χ0n) is 14.7. The molecule has 28 heavy (non-hydrogen) atoms. The molecule has 4 rings (SSSR count). The molecule has 5 nitrogen and oxygen atoms in total. The average Bonchev–Trinajstić information content (AvgIpc) is 3.20. The number of carbonyl (C=O) groups is 1. The van der Waals surface area contributed by atoms with Crippen molar-refractivity contribution in [1.29, 1.82) is 0 Å². The number of hydrogen-bond acceptors (Lipinski definition) is 4. The van der Waals surface area contributed by atoms with Crippen LogP contribution in [0.4, 0.5) is 13.2 Å². The molecule has 1 aromatic heterocycles. The maximum atomic E-state index is 14.1. The highest BCUT2D eigenvalue weighted by molar-refractivity contribution is 5.93. The lowest BCUT2D eigenvalue weighted by Crippen LogP contribution is -2.41. The van der Waals surface area contributed by atoms with Gasteiger partial charge in [0.2, 0.25) is 5.60 Å². The molecule has 1 aliphatic rings. The molecule has 144 valence electrons. The maximum absolute atomic E-state index is 14.1. The van der Waals surface area contributed by atoms with Crippen molar-refractivity contribution >= 4 is 6.29 Å². The van der Waals surface area contributed by atoms with E-state index in [-0.39, 0.29) is 34.6 Å². The van der Waals surface area contributed by atoms with E-state index in [1.807, 2.05) is 0 Å². The Labute approximate surface area is 158 Å². The van der Waals surface area contributed by atoms with Gasteiger partial charge in [-0.25, -0.2) is 0 Å². The fourth-order valence-corrected chi connectivity index (χ4v) is 3.66. The standard InChI is InChI=1S/C20H15F3N2O3/c1-25-11-12(10-24-25)15-8-13(28-7-6-26)9-17-18(15)14-4-2-3-5-16(14)19(17,27)20(21,22)23/h2-6,8-11,27H,7H2,1H3. The number of aliphatic hydroxyl groups is 1. The largest absolute Gasteiger partial charge is 0.486 e. The van der Waals surface area contributed by atoms with Crippen LogP contribution in [0, 0.1) is 0 Å². The van der Waals surface area contributed by atoms with E-state index in [2.05, 4.69) is 5.10 Å². The van der Waals surface area contributed by atoms with Crippen LogP contribution >= 0.6 is 0 Å². The van der Waals surface area contributed by atoms with Crippen LogP contribution < -0.4 is 4.74 Å². The Bertz CT molecular complexity index is 1070. The van der Waals surface area contributed by atoms with Gasteiger partial charge in [-0.2, -0.15) is 18.3 Å². The van der Waals surface area contributed by atoms with E-state index < -0.39 is 11.8 Å². The Morgan fingerprint density at radius 2 is 1.96 bits per heavy atom. The lowest BCUT2D eigenvalue weighted by Gasteiger charge is -2.28. The Balaban J connectivity index is 2.08. The SMILES string of the molecule is Cn1cc(-c2cc(OCC=O)cc3c2-c2ccccc2C3(O)C(F)(F)F)cn1. The van der Waals surface area contributed by atoms with Crippen molar-refractivity contribution in [2.45, 2.75) is 11.8 Å². The third-order valence-corrected chi connectivity index (χ3v) is 4.83. The summed E-state index contributed by atoms with van der Waals surface area (Å²) in [5.74, 6) is 0.0557. The minimum Gasteiger partial charge on any atom is -0.486 e. The van der Waals surface area contributed by atoms with Gasteiger partial charge in [0.25, 0.3) is 0 Å². The normalized spacial score (nSPS) is 17.9. The first kappa shape index (κ1) is 18.2. The van der Waals surface area contributed by atoms with Gasteiger partial charge < -0.3 is 9.84 Å². The van der Waals surface area contributed by atoms with Crippen LogP contribution in [0.2, 0.25) is 0 Å². The van der Waals surface area contributed by atoms with Crippen molar-refractivity contribution in [3.8, 4) is 28.0 Å². The van der Waals surface area contributed by atoms with Crippen LogP contribution in [0.25, 0.3) is 22.3 Å². The minimum absolute atomic E-state index is 0.0557. The summed E-state index contributed by atoms with van der Waals surface area (Å²) in [4.78, 5) is 10.7. The molecular formula is C20H15F3N2O3. The van der Waals surface area contributed by atoms with Crippen LogP contribution in [-0.4, -0.2) is 34.0 Å². The molecule has 3 aromatic rings. The number of carbonyl (C=O) groups excluding carboxylic acids is 1. The number of aldehydes is 1. The van der Waals surface area contributed by atoms with Crippen LogP contribution in [0.15, 0.2) is 48.8 Å². The van der Waals surface area contributed by atoms with Crippen molar-refractivity contribution in [3.05, 3.63) is 59.9 Å². The molecule has 0 saturated carbocycles. The number of halogens is 3. The van der Waals surface area contributed by atoms with Crippen molar-refractivity contribution < 1.29 is 27.8 Å². The molecule has 1 unspecified atom stereocenters. The van der Waals surface area contributed by atoms with E-state index in [0.717, 1.165) is 6.07 Å². The number of benzene rings is 2. The monoisotopic (exact) mass is 388 g/mol. The van der Waals surface area contributed by atoms with E-state index in [1.54, 1.807) is 31.4 Å². The van der Waals surface area contributed by atoms with Gasteiger partial charge in [-0.15, -0.1) is 0 Å². The lowest BCUT2D eigenvalue weighted by molar-refractivity contribution is -0.246. The van der Waals surface area contributed by atoms with E-state index in [9.17, 15) is 23.1 Å². The van der Waals surface area contributed by atoms with Crippen LogP contribution in [0.5, 0.6) is 5.75 Å². The van der Waals surface area contributed by atoms with E-state index >= 15 is 0 Å². The molecule has 8 heteroatoms. The predicted molar refractivity (Wildman–Crippen MR) is 94.7 cm³/mol. The molecule has 0 radical (unpaired) electrons. The van der Waals surface area contributed by atoms with Gasteiger partial charge >= 0.3 is 6.18 Å². The summed E-state index contributed by atoms with van der Waals surface area (Å²) in [6, 6.07) is 8.58. The summed E-state index contributed by atoms with van der Waals surface area (Å²) >= 11 is 0. The second-order valence-corrected chi connectivity index (χ2v) is 6.53. The third kappa shape index (κ3) is 2.52. The fraction of sp³-hybridized carbons (Fsp3) is 0.200. The number of rotatable bonds is 4. The molecule has 0 amide bonds. The molecular weight excluding hydrogens is 373 g/mol. The van der Waals surface area contributed by atoms with Crippen molar-refractivity contribution in [1.82, 2.24) is 9.78 Å². The summed E-state index contributed by atoms with van der Waals surface area (Å²) in [5.41, 5.74) is -2.20. The molecule has 0 spiro atoms. The summed E-state index contributed by atoms with van der Waals surface area (Å²) in [6.45, 7) is -0.317. The predicted octanol–water partition coefficient (Wildman–Crippen LogP) is 3.44. The molecule has 1 heterocycles. The van der Waals surface area contributed by atoms with Gasteiger partial charge in [0.15, 0.2) is 6.29 Å². The Morgan fingerprint density at radius 3 is 2.61 bits per heavy atom. The first-order chi connectivity index (χ1) is 13.3. The Hall–Kier alpha value is -3.13. The number of nitrogens with zero attached hydrogens (tertiary/aromatic N) is 2. The number of alkyl halides is 3. The van der Waals surface area contributed by atoms with Gasteiger partial charge in [0.1, 0.15) is 12.4 Å². The number of hydrogen-bond donors (Lipinski definition) is 1. The van der Waals surface area contributed by atoms with Crippen molar-refractivity contribution in [2.24, 2.45) is 7.05 Å². The highest BCUT2D eigenvalue weighted by atomic mass is 19.4. The highest BCUT2D eigenvalue weighted by Crippen LogP contribution is 2.58.